The highest BCUT2D eigenvalue weighted by Gasteiger charge is 2.19. The van der Waals surface area contributed by atoms with Crippen LogP contribution >= 0.6 is 45.9 Å². The Kier molecular flexibility index (Phi) is 6.71. The quantitative estimate of drug-likeness (QED) is 0.293. The second kappa shape index (κ2) is 9.32. The Balaban J connectivity index is 1.73. The molecule has 160 valence electrons. The summed E-state index contributed by atoms with van der Waals surface area (Å²) in [5.41, 5.74) is 2.74. The summed E-state index contributed by atoms with van der Waals surface area (Å²) in [7, 11) is -1.93. The van der Waals surface area contributed by atoms with E-state index in [1.807, 2.05) is 36.4 Å². The third-order valence-corrected chi connectivity index (χ3v) is 9.08. The van der Waals surface area contributed by atoms with Crippen molar-refractivity contribution in [2.24, 2.45) is 0 Å². The highest BCUT2D eigenvalue weighted by molar-refractivity contribution is 7.91. The van der Waals surface area contributed by atoms with Crippen LogP contribution in [0, 0.1) is 0 Å². The van der Waals surface area contributed by atoms with E-state index in [0.717, 1.165) is 32.2 Å². The van der Waals surface area contributed by atoms with E-state index in [0.29, 0.717) is 14.3 Å². The van der Waals surface area contributed by atoms with Crippen LogP contribution in [-0.2, 0) is 16.6 Å². The molecule has 0 bridgehead atoms. The van der Waals surface area contributed by atoms with Crippen molar-refractivity contribution in [3.8, 4) is 27.3 Å². The number of hydrogen-bond acceptors (Lipinski definition) is 5. The van der Waals surface area contributed by atoms with E-state index in [4.69, 9.17) is 27.9 Å². The number of ether oxygens (including phenoxy) is 1. The lowest BCUT2D eigenvalue weighted by Gasteiger charge is -2.08. The summed E-state index contributed by atoms with van der Waals surface area (Å²) >= 11 is 15.3. The van der Waals surface area contributed by atoms with Crippen molar-refractivity contribution in [3.05, 3.63) is 81.0 Å². The normalized spacial score (nSPS) is 11.6. The number of hydrogen-bond donors (Lipinski definition) is 1. The summed E-state index contributed by atoms with van der Waals surface area (Å²) < 4.78 is 33.3. The number of halogens is 2. The standard InChI is InChI=1S/C22H17Cl2NO3S3/c1-28-16-7-4-14(5-8-16)22-19(18-9-6-15(23)11-20(18)24)12-17(30-22)13-25-31(26,27)21-3-2-10-29-21/h2-12,25H,13H2,1H3. The number of nitrogens with one attached hydrogen (secondary N) is 1. The minimum absolute atomic E-state index is 0.180. The second-order valence-corrected chi connectivity index (χ2v) is 11.5. The van der Waals surface area contributed by atoms with Crippen molar-refractivity contribution in [1.82, 2.24) is 4.72 Å². The average Bonchev–Trinajstić information content (AvgIpc) is 3.43. The molecule has 0 spiro atoms. The van der Waals surface area contributed by atoms with Crippen LogP contribution in [0.5, 0.6) is 5.75 Å². The van der Waals surface area contributed by atoms with Crippen LogP contribution in [-0.4, -0.2) is 15.5 Å². The van der Waals surface area contributed by atoms with Gasteiger partial charge < -0.3 is 4.74 Å². The minimum atomic E-state index is -3.56. The molecule has 0 radical (unpaired) electrons. The number of thiophene rings is 2. The van der Waals surface area contributed by atoms with Crippen LogP contribution < -0.4 is 9.46 Å². The molecule has 4 aromatic rings. The summed E-state index contributed by atoms with van der Waals surface area (Å²) in [6.07, 6.45) is 0. The Bertz CT molecular complexity index is 1300. The smallest absolute Gasteiger partial charge is 0.250 e. The van der Waals surface area contributed by atoms with Gasteiger partial charge in [0.1, 0.15) is 9.96 Å². The highest BCUT2D eigenvalue weighted by atomic mass is 35.5. The Morgan fingerprint density at radius 3 is 2.42 bits per heavy atom. The van der Waals surface area contributed by atoms with Gasteiger partial charge in [-0.25, -0.2) is 13.1 Å². The van der Waals surface area contributed by atoms with Gasteiger partial charge in [-0.05, 0) is 59.5 Å². The number of benzene rings is 2. The first kappa shape index (κ1) is 22.3. The summed E-state index contributed by atoms with van der Waals surface area (Å²) in [6.45, 7) is 0.180. The van der Waals surface area contributed by atoms with E-state index < -0.39 is 10.0 Å². The highest BCUT2D eigenvalue weighted by Crippen LogP contribution is 2.43. The first-order valence-electron chi connectivity index (χ1n) is 9.13. The molecule has 2 heterocycles. The fourth-order valence-corrected chi connectivity index (χ4v) is 6.81. The lowest BCUT2D eigenvalue weighted by atomic mass is 10.0. The molecule has 0 unspecified atom stereocenters. The van der Waals surface area contributed by atoms with E-state index >= 15 is 0 Å². The number of methoxy groups -OCH3 is 1. The lowest BCUT2D eigenvalue weighted by Crippen LogP contribution is -2.21. The Labute approximate surface area is 199 Å². The van der Waals surface area contributed by atoms with E-state index in [1.54, 1.807) is 36.8 Å². The topological polar surface area (TPSA) is 55.4 Å². The second-order valence-electron chi connectivity index (χ2n) is 6.56. The number of sulfonamides is 1. The molecule has 1 N–H and O–H groups in total. The maximum Gasteiger partial charge on any atom is 0.250 e. The van der Waals surface area contributed by atoms with Gasteiger partial charge in [0.2, 0.25) is 10.0 Å². The number of rotatable bonds is 7. The Morgan fingerprint density at radius 1 is 1.00 bits per heavy atom. The van der Waals surface area contributed by atoms with Gasteiger partial charge in [-0.15, -0.1) is 22.7 Å². The molecule has 31 heavy (non-hydrogen) atoms. The lowest BCUT2D eigenvalue weighted by molar-refractivity contribution is 0.415. The summed E-state index contributed by atoms with van der Waals surface area (Å²) in [6, 6.07) is 18.4. The van der Waals surface area contributed by atoms with Gasteiger partial charge in [-0.3, -0.25) is 0 Å². The summed E-state index contributed by atoms with van der Waals surface area (Å²) in [5, 5.41) is 2.83. The molecule has 9 heteroatoms. The van der Waals surface area contributed by atoms with Crippen molar-refractivity contribution in [2.45, 2.75) is 10.8 Å². The van der Waals surface area contributed by atoms with Gasteiger partial charge in [0, 0.05) is 37.5 Å². The molecule has 0 saturated carbocycles. The zero-order chi connectivity index (χ0) is 22.0. The molecule has 0 saturated heterocycles. The van der Waals surface area contributed by atoms with Crippen LogP contribution in [0.25, 0.3) is 21.6 Å². The van der Waals surface area contributed by atoms with Crippen molar-refractivity contribution in [1.29, 1.82) is 0 Å². The maximum atomic E-state index is 12.5. The molecule has 0 aliphatic heterocycles. The molecule has 4 rings (SSSR count). The molecule has 2 aromatic heterocycles. The molecular weight excluding hydrogens is 493 g/mol. The predicted molar refractivity (Wildman–Crippen MR) is 130 cm³/mol. The van der Waals surface area contributed by atoms with Crippen LogP contribution in [0.4, 0.5) is 0 Å². The summed E-state index contributed by atoms with van der Waals surface area (Å²) in [4.78, 5) is 1.85. The molecule has 0 atom stereocenters. The van der Waals surface area contributed by atoms with E-state index in [2.05, 4.69) is 4.72 Å². The largest absolute Gasteiger partial charge is 0.497 e. The van der Waals surface area contributed by atoms with Crippen LogP contribution in [0.15, 0.2) is 70.3 Å². The van der Waals surface area contributed by atoms with Crippen molar-refractivity contribution < 1.29 is 13.2 Å². The van der Waals surface area contributed by atoms with E-state index in [-0.39, 0.29) is 6.54 Å². The minimum Gasteiger partial charge on any atom is -0.497 e. The van der Waals surface area contributed by atoms with Gasteiger partial charge >= 0.3 is 0 Å². The molecule has 2 aromatic carbocycles. The van der Waals surface area contributed by atoms with Crippen molar-refractivity contribution in [2.75, 3.05) is 7.11 Å². The third kappa shape index (κ3) is 4.98. The first-order valence-corrected chi connectivity index (χ1v) is 13.1. The van der Waals surface area contributed by atoms with Gasteiger partial charge in [0.25, 0.3) is 0 Å². The Morgan fingerprint density at radius 2 is 1.77 bits per heavy atom. The molecule has 4 nitrogen and oxygen atoms in total. The molecule has 0 aliphatic rings. The predicted octanol–water partition coefficient (Wildman–Crippen LogP) is 6.94. The average molecular weight is 510 g/mol. The maximum absolute atomic E-state index is 12.5. The fourth-order valence-electron chi connectivity index (χ4n) is 3.05. The molecule has 0 amide bonds. The fraction of sp³-hybridized carbons (Fsp3) is 0.0909. The van der Waals surface area contributed by atoms with Crippen LogP contribution in [0.1, 0.15) is 4.88 Å². The van der Waals surface area contributed by atoms with E-state index in [9.17, 15) is 8.42 Å². The van der Waals surface area contributed by atoms with Crippen LogP contribution in [0.3, 0.4) is 0 Å². The van der Waals surface area contributed by atoms with E-state index in [1.165, 1.54) is 22.7 Å². The first-order chi connectivity index (χ1) is 14.9. The van der Waals surface area contributed by atoms with Gasteiger partial charge in [0.05, 0.1) is 7.11 Å². The molecule has 0 fully saturated rings. The van der Waals surface area contributed by atoms with Crippen molar-refractivity contribution in [3.63, 3.8) is 0 Å². The molecular formula is C22H17Cl2NO3S3. The Hall–Kier alpha value is -1.87. The van der Waals surface area contributed by atoms with Gasteiger partial charge in [-0.2, -0.15) is 0 Å². The van der Waals surface area contributed by atoms with Crippen LogP contribution in [0.2, 0.25) is 10.0 Å². The van der Waals surface area contributed by atoms with Gasteiger partial charge in [0.15, 0.2) is 0 Å². The van der Waals surface area contributed by atoms with Gasteiger partial charge in [-0.1, -0.05) is 35.3 Å². The summed E-state index contributed by atoms with van der Waals surface area (Å²) in [5.74, 6) is 0.760. The zero-order valence-corrected chi connectivity index (χ0v) is 20.2. The monoisotopic (exact) mass is 509 g/mol. The third-order valence-electron chi connectivity index (χ3n) is 4.55. The SMILES string of the molecule is COc1ccc(-c2sc(CNS(=O)(=O)c3cccs3)cc2-c2ccc(Cl)cc2Cl)cc1. The molecule has 0 aliphatic carbocycles. The van der Waals surface area contributed by atoms with Crippen molar-refractivity contribution >= 4 is 55.9 Å². The zero-order valence-electron chi connectivity index (χ0n) is 16.3.